The lowest BCUT2D eigenvalue weighted by Crippen LogP contribution is -2.82. The predicted molar refractivity (Wildman–Crippen MR) is 171 cm³/mol. The number of aromatic hydroxyl groups is 1. The average molecular weight is 648 g/mol. The lowest BCUT2D eigenvalue weighted by atomic mass is 9.92. The number of hydrogen-bond donors (Lipinski definition) is 2. The van der Waals surface area contributed by atoms with Gasteiger partial charge in [0.05, 0.1) is 23.6 Å². The molecule has 3 heterocycles. The van der Waals surface area contributed by atoms with Crippen LogP contribution in [-0.2, 0) is 29.1 Å². The molecule has 2 aliphatic rings. The summed E-state index contributed by atoms with van der Waals surface area (Å²) in [5.41, 5.74) is 1.59. The van der Waals surface area contributed by atoms with E-state index >= 15 is 0 Å². The van der Waals surface area contributed by atoms with Crippen molar-refractivity contribution < 1.29 is 19.5 Å². The highest BCUT2D eigenvalue weighted by Gasteiger charge is 2.58. The number of nitrogens with zero attached hydrogens (tertiary/aromatic N) is 5. The summed E-state index contributed by atoms with van der Waals surface area (Å²) in [4.78, 5) is 49.8. The summed E-state index contributed by atoms with van der Waals surface area (Å²) in [7, 11) is 1.69. The second-order valence-electron chi connectivity index (χ2n) is 11.6. The lowest BCUT2D eigenvalue weighted by Gasteiger charge is -2.60. The molecule has 4 amide bonds. The number of likely N-dealkylation sites (N-methyl/N-ethyl adjacent to an activating group) is 1. The molecule has 0 spiro atoms. The van der Waals surface area contributed by atoms with Crippen LogP contribution in [0.5, 0.6) is 5.75 Å². The molecule has 0 saturated carbocycles. The van der Waals surface area contributed by atoms with Gasteiger partial charge >= 0.3 is 6.03 Å². The number of piperazine rings is 1. The Morgan fingerprint density at radius 2 is 1.76 bits per heavy atom. The minimum atomic E-state index is -1.26. The smallest absolute Gasteiger partial charge is 0.334 e. The van der Waals surface area contributed by atoms with Crippen molar-refractivity contribution in [3.05, 3.63) is 106 Å². The first kappa shape index (κ1) is 30.6. The van der Waals surface area contributed by atoms with Crippen molar-refractivity contribution in [1.29, 1.82) is 0 Å². The molecule has 4 aromatic rings. The zero-order valence-corrected chi connectivity index (χ0v) is 26.3. The number of pyridine rings is 1. The van der Waals surface area contributed by atoms with Crippen LogP contribution >= 0.6 is 23.2 Å². The van der Waals surface area contributed by atoms with Crippen LogP contribution in [0.4, 0.5) is 4.79 Å². The number of carbonyl (C=O) groups excluding carboxylic acids is 3. The Morgan fingerprint density at radius 3 is 2.49 bits per heavy atom. The van der Waals surface area contributed by atoms with Crippen LogP contribution in [0, 0.1) is 0 Å². The molecule has 232 valence electrons. The number of nitrogens with one attached hydrogen (secondary N) is 1. The highest BCUT2D eigenvalue weighted by Crippen LogP contribution is 2.38. The van der Waals surface area contributed by atoms with Gasteiger partial charge in [-0.2, -0.15) is 0 Å². The first-order chi connectivity index (χ1) is 21.6. The highest BCUT2D eigenvalue weighted by molar-refractivity contribution is 6.39. The molecule has 0 radical (unpaired) electrons. The molecule has 3 aromatic carbocycles. The van der Waals surface area contributed by atoms with E-state index in [4.69, 9.17) is 23.2 Å². The van der Waals surface area contributed by atoms with Gasteiger partial charge in [-0.05, 0) is 48.4 Å². The van der Waals surface area contributed by atoms with E-state index < -0.39 is 17.7 Å². The third kappa shape index (κ3) is 5.77. The molecule has 6 rings (SSSR count). The van der Waals surface area contributed by atoms with Crippen LogP contribution in [0.1, 0.15) is 23.6 Å². The number of rotatable bonds is 6. The van der Waals surface area contributed by atoms with Crippen molar-refractivity contribution in [1.82, 2.24) is 30.1 Å². The van der Waals surface area contributed by atoms with Crippen LogP contribution in [0.3, 0.4) is 0 Å². The summed E-state index contributed by atoms with van der Waals surface area (Å²) in [6.07, 6.45) is 1.81. The van der Waals surface area contributed by atoms with Gasteiger partial charge in [0.25, 0.3) is 0 Å². The van der Waals surface area contributed by atoms with Gasteiger partial charge in [-0.3, -0.25) is 14.6 Å². The fraction of sp³-hybridized carbons (Fsp3) is 0.273. The van der Waals surface area contributed by atoms with E-state index in [1.54, 1.807) is 71.4 Å². The molecule has 0 bridgehead atoms. The van der Waals surface area contributed by atoms with Gasteiger partial charge in [-0.25, -0.2) is 14.8 Å². The Labute approximate surface area is 270 Å². The highest BCUT2D eigenvalue weighted by atomic mass is 35.5. The minimum absolute atomic E-state index is 0.0139. The van der Waals surface area contributed by atoms with Crippen LogP contribution < -0.4 is 5.32 Å². The van der Waals surface area contributed by atoms with Gasteiger partial charge in [0, 0.05) is 48.7 Å². The third-order valence-electron chi connectivity index (χ3n) is 8.43. The van der Waals surface area contributed by atoms with Crippen molar-refractivity contribution in [2.24, 2.45) is 0 Å². The van der Waals surface area contributed by atoms with E-state index in [2.05, 4.69) is 10.3 Å². The van der Waals surface area contributed by atoms with Crippen molar-refractivity contribution in [2.75, 3.05) is 20.1 Å². The molecule has 2 atom stereocenters. The zero-order valence-electron chi connectivity index (χ0n) is 24.8. The summed E-state index contributed by atoms with van der Waals surface area (Å²) in [6.45, 7) is 2.08. The van der Waals surface area contributed by atoms with E-state index in [1.165, 1.54) is 5.01 Å². The molecule has 0 aliphatic carbocycles. The lowest BCUT2D eigenvalue weighted by molar-refractivity contribution is -0.213. The van der Waals surface area contributed by atoms with E-state index in [0.29, 0.717) is 26.5 Å². The van der Waals surface area contributed by atoms with E-state index in [1.807, 2.05) is 36.4 Å². The number of carbonyl (C=O) groups is 3. The van der Waals surface area contributed by atoms with Crippen LogP contribution in [0.15, 0.2) is 79.0 Å². The Balaban J connectivity index is 1.41. The number of phenols is 1. The predicted octanol–water partition coefficient (Wildman–Crippen LogP) is 4.82. The fourth-order valence-electron chi connectivity index (χ4n) is 6.45. The van der Waals surface area contributed by atoms with Crippen molar-refractivity contribution in [3.63, 3.8) is 0 Å². The van der Waals surface area contributed by atoms with Crippen LogP contribution in [0.2, 0.25) is 10.0 Å². The topological polar surface area (TPSA) is 109 Å². The molecule has 10 nitrogen and oxygen atoms in total. The molecular formula is C33H32Cl2N6O4. The Kier molecular flexibility index (Phi) is 8.30. The summed E-state index contributed by atoms with van der Waals surface area (Å²) >= 11 is 13.2. The largest absolute Gasteiger partial charge is 0.508 e. The third-order valence-corrected chi connectivity index (χ3v) is 9.08. The molecule has 45 heavy (non-hydrogen) atoms. The molecule has 2 aliphatic heterocycles. The van der Waals surface area contributed by atoms with Gasteiger partial charge in [-0.15, -0.1) is 0 Å². The van der Waals surface area contributed by atoms with Crippen molar-refractivity contribution in [2.45, 2.75) is 38.1 Å². The molecule has 1 aromatic heterocycles. The van der Waals surface area contributed by atoms with E-state index in [0.717, 1.165) is 11.1 Å². The zero-order chi connectivity index (χ0) is 31.9. The second kappa shape index (κ2) is 12.2. The Morgan fingerprint density at radius 1 is 1.02 bits per heavy atom. The van der Waals surface area contributed by atoms with Crippen molar-refractivity contribution in [3.8, 4) is 5.75 Å². The monoisotopic (exact) mass is 646 g/mol. The van der Waals surface area contributed by atoms with Crippen LogP contribution in [-0.4, -0.2) is 79.6 Å². The average Bonchev–Trinajstić information content (AvgIpc) is 3.01. The SMILES string of the molecule is CN1CC(=O)N2[C@@H](Cc3ccc(O)cc3)C(=O)N(Cc3c(Cl)cc(Cl)c4cccnc34)C[C@@]2(C)N1C(=O)NCc1ccccc1. The standard InChI is InChI=1S/C33H32Cl2N6O4/c1-33-20-39(18-25-27(35)16-26(34)24-9-6-14-36-30(24)25)31(44)28(15-21-10-12-23(42)13-11-21)40(33)29(43)19-38(2)41(33)32(45)37-17-22-7-4-3-5-8-22/h3-14,16,28,42H,15,17-20H2,1-2H3,(H,37,45)/t28-,33+/m0/s1. The fourth-order valence-corrected chi connectivity index (χ4v) is 7.03. The second-order valence-corrected chi connectivity index (χ2v) is 12.4. The Hall–Kier alpha value is -4.38. The molecule has 2 N–H and O–H groups in total. The first-order valence-electron chi connectivity index (χ1n) is 14.5. The van der Waals surface area contributed by atoms with E-state index in [-0.39, 0.29) is 50.2 Å². The first-order valence-corrected chi connectivity index (χ1v) is 15.3. The molecular weight excluding hydrogens is 615 g/mol. The van der Waals surface area contributed by atoms with Crippen LogP contribution in [0.25, 0.3) is 10.9 Å². The molecule has 12 heteroatoms. The van der Waals surface area contributed by atoms with Gasteiger partial charge < -0.3 is 20.2 Å². The van der Waals surface area contributed by atoms with Crippen molar-refractivity contribution >= 4 is 52.0 Å². The number of benzene rings is 3. The number of aromatic nitrogens is 1. The number of hydrazine groups is 1. The Bertz CT molecular complexity index is 1770. The number of amides is 4. The summed E-state index contributed by atoms with van der Waals surface area (Å²) < 4.78 is 0. The maximum atomic E-state index is 14.4. The summed E-state index contributed by atoms with van der Waals surface area (Å²) in [6, 6.07) is 20.0. The number of hydrogen-bond acceptors (Lipinski definition) is 6. The number of fused-ring (bicyclic) bond motifs is 2. The van der Waals surface area contributed by atoms with Gasteiger partial charge in [0.1, 0.15) is 11.8 Å². The maximum absolute atomic E-state index is 14.4. The van der Waals surface area contributed by atoms with Gasteiger partial charge in [0.15, 0.2) is 5.66 Å². The summed E-state index contributed by atoms with van der Waals surface area (Å²) in [5, 5.41) is 17.5. The van der Waals surface area contributed by atoms with Gasteiger partial charge in [-0.1, -0.05) is 65.7 Å². The minimum Gasteiger partial charge on any atom is -0.508 e. The molecule has 2 saturated heterocycles. The summed E-state index contributed by atoms with van der Waals surface area (Å²) in [5.74, 6) is -0.479. The molecule has 2 fully saturated rings. The van der Waals surface area contributed by atoms with Gasteiger partial charge in [0.2, 0.25) is 11.8 Å². The molecule has 0 unspecified atom stereocenters. The maximum Gasteiger partial charge on any atom is 0.334 e. The number of urea groups is 1. The number of phenolic OH excluding ortho intramolecular Hbond substituents is 1. The normalized spacial score (nSPS) is 20.4. The number of halogens is 2. The van der Waals surface area contributed by atoms with E-state index in [9.17, 15) is 19.5 Å². The quantitative estimate of drug-likeness (QED) is 0.311.